The number of carbonyl (C=O) groups excluding carboxylic acids is 1. The van der Waals surface area contributed by atoms with Gasteiger partial charge in [-0.2, -0.15) is 0 Å². The van der Waals surface area contributed by atoms with Crippen molar-refractivity contribution < 1.29 is 4.79 Å². The van der Waals surface area contributed by atoms with E-state index in [1.54, 1.807) is 0 Å². The zero-order valence-corrected chi connectivity index (χ0v) is 19.7. The van der Waals surface area contributed by atoms with Gasteiger partial charge in [-0.05, 0) is 61.9 Å². The minimum absolute atomic E-state index is 0.0256. The van der Waals surface area contributed by atoms with Gasteiger partial charge in [0.15, 0.2) is 0 Å². The molecule has 0 saturated carbocycles. The maximum atomic E-state index is 13.3. The lowest BCUT2D eigenvalue weighted by atomic mass is 10.0. The number of rotatable bonds is 5. The molecule has 5 nitrogen and oxygen atoms in total. The third-order valence-electron chi connectivity index (χ3n) is 6.86. The van der Waals surface area contributed by atoms with Gasteiger partial charge in [-0.3, -0.25) is 9.69 Å². The number of carbonyl (C=O) groups is 1. The number of piperidine rings is 1. The van der Waals surface area contributed by atoms with E-state index in [4.69, 9.17) is 16.6 Å². The van der Waals surface area contributed by atoms with E-state index in [9.17, 15) is 4.79 Å². The van der Waals surface area contributed by atoms with Gasteiger partial charge in [0, 0.05) is 42.8 Å². The first-order valence-corrected chi connectivity index (χ1v) is 12.5. The summed E-state index contributed by atoms with van der Waals surface area (Å²) in [7, 11) is 0. The van der Waals surface area contributed by atoms with E-state index in [-0.39, 0.29) is 11.9 Å². The summed E-state index contributed by atoms with van der Waals surface area (Å²) in [6, 6.07) is 18.6. The highest BCUT2D eigenvalue weighted by Gasteiger charge is 2.27. The second kappa shape index (κ2) is 10.1. The van der Waals surface area contributed by atoms with Crippen molar-refractivity contribution in [1.29, 1.82) is 0 Å². The van der Waals surface area contributed by atoms with E-state index < -0.39 is 0 Å². The van der Waals surface area contributed by atoms with Crippen LogP contribution in [-0.2, 0) is 19.5 Å². The van der Waals surface area contributed by atoms with Gasteiger partial charge in [-0.1, -0.05) is 48.4 Å². The molecule has 1 N–H and O–H groups in total. The highest BCUT2D eigenvalue weighted by Crippen LogP contribution is 2.28. The first-order chi connectivity index (χ1) is 16.2. The van der Waals surface area contributed by atoms with Crippen molar-refractivity contribution >= 4 is 17.5 Å². The smallest absolute Gasteiger partial charge is 0.272 e. The average Bonchev–Trinajstić information content (AvgIpc) is 3.02. The molecule has 0 aliphatic carbocycles. The molecule has 2 aromatic carbocycles. The Kier molecular flexibility index (Phi) is 6.79. The van der Waals surface area contributed by atoms with Crippen molar-refractivity contribution in [3.63, 3.8) is 0 Å². The van der Waals surface area contributed by atoms with E-state index in [1.807, 2.05) is 24.3 Å². The number of hydrogen-bond donors (Lipinski definition) is 1. The van der Waals surface area contributed by atoms with E-state index >= 15 is 0 Å². The predicted octanol–water partition coefficient (Wildman–Crippen LogP) is 5.32. The Morgan fingerprint density at radius 2 is 1.73 bits per heavy atom. The van der Waals surface area contributed by atoms with Crippen molar-refractivity contribution in [3.05, 3.63) is 76.6 Å². The number of nitrogens with one attached hydrogen (secondary N) is 1. The van der Waals surface area contributed by atoms with Crippen molar-refractivity contribution in [2.24, 2.45) is 0 Å². The van der Waals surface area contributed by atoms with Gasteiger partial charge in [-0.15, -0.1) is 0 Å². The van der Waals surface area contributed by atoms with Gasteiger partial charge < -0.3 is 9.88 Å². The molecule has 172 valence electrons. The van der Waals surface area contributed by atoms with Crippen LogP contribution in [-0.4, -0.2) is 39.5 Å². The number of fused-ring (bicyclic) bond motifs is 1. The van der Waals surface area contributed by atoms with E-state index in [1.165, 1.54) is 12.0 Å². The second-order valence-corrected chi connectivity index (χ2v) is 9.65. The number of nitrogens with zero attached hydrogens (tertiary/aromatic N) is 3. The van der Waals surface area contributed by atoms with Gasteiger partial charge >= 0.3 is 0 Å². The topological polar surface area (TPSA) is 50.2 Å². The third-order valence-corrected chi connectivity index (χ3v) is 7.11. The molecule has 0 radical (unpaired) electrons. The monoisotopic (exact) mass is 462 g/mol. The number of amides is 1. The largest absolute Gasteiger partial charge is 0.348 e. The first kappa shape index (κ1) is 22.2. The van der Waals surface area contributed by atoms with E-state index in [0.29, 0.717) is 10.7 Å². The Hall–Kier alpha value is -2.63. The minimum atomic E-state index is -0.0256. The Labute approximate surface area is 200 Å². The molecular formula is C27H31ClN4O. The third kappa shape index (κ3) is 5.15. The highest BCUT2D eigenvalue weighted by molar-refractivity contribution is 6.30. The quantitative estimate of drug-likeness (QED) is 0.558. The predicted molar refractivity (Wildman–Crippen MR) is 132 cm³/mol. The van der Waals surface area contributed by atoms with E-state index in [0.717, 1.165) is 75.4 Å². The fraction of sp³-hybridized carbons (Fsp3) is 0.407. The molecule has 1 amide bonds. The summed E-state index contributed by atoms with van der Waals surface area (Å²) >= 11 is 6.09. The lowest BCUT2D eigenvalue weighted by Gasteiger charge is -2.32. The van der Waals surface area contributed by atoms with Gasteiger partial charge in [0.05, 0.1) is 5.69 Å². The van der Waals surface area contributed by atoms with Crippen LogP contribution < -0.4 is 5.32 Å². The van der Waals surface area contributed by atoms with Gasteiger partial charge in [0.25, 0.3) is 5.91 Å². The molecule has 0 atom stereocenters. The Bertz CT molecular complexity index is 1090. The molecule has 3 heterocycles. The van der Waals surface area contributed by atoms with Gasteiger partial charge in [0.1, 0.15) is 11.5 Å². The minimum Gasteiger partial charge on any atom is -0.348 e. The van der Waals surface area contributed by atoms with Crippen LogP contribution in [0.15, 0.2) is 54.6 Å². The molecule has 3 aromatic rings. The molecule has 1 saturated heterocycles. The van der Waals surface area contributed by atoms with Crippen LogP contribution >= 0.6 is 11.6 Å². The molecule has 6 heteroatoms. The number of hydrogen-bond acceptors (Lipinski definition) is 3. The van der Waals surface area contributed by atoms with Crippen LogP contribution in [0.2, 0.25) is 5.02 Å². The summed E-state index contributed by atoms with van der Waals surface area (Å²) in [6.07, 6.45) is 6.24. The first-order valence-electron chi connectivity index (χ1n) is 12.1. The molecule has 33 heavy (non-hydrogen) atoms. The SMILES string of the molecule is O=C(NC1CCN(Cc2ccccc2)CC1)c1nc(-c2ccc(Cl)cc2)n2c1CCCCC2. The summed E-state index contributed by atoms with van der Waals surface area (Å²) in [5.41, 5.74) is 4.04. The molecule has 0 spiro atoms. The Morgan fingerprint density at radius 1 is 0.970 bits per heavy atom. The summed E-state index contributed by atoms with van der Waals surface area (Å²) < 4.78 is 2.26. The fourth-order valence-electron chi connectivity index (χ4n) is 5.05. The lowest BCUT2D eigenvalue weighted by molar-refractivity contribution is 0.0903. The van der Waals surface area contributed by atoms with Crippen LogP contribution in [0.25, 0.3) is 11.4 Å². The maximum absolute atomic E-state index is 13.3. The van der Waals surface area contributed by atoms with Crippen LogP contribution in [0, 0.1) is 0 Å². The summed E-state index contributed by atoms with van der Waals surface area (Å²) in [5, 5.41) is 4.01. The zero-order valence-electron chi connectivity index (χ0n) is 19.0. The number of aromatic nitrogens is 2. The Balaban J connectivity index is 1.28. The zero-order chi connectivity index (χ0) is 22.6. The van der Waals surface area contributed by atoms with Crippen molar-refractivity contribution in [2.45, 2.75) is 57.7 Å². The standard InChI is InChI=1S/C27H31ClN4O/c28-22-12-10-21(11-13-22)26-30-25(24-9-5-2-6-16-32(24)26)27(33)29-23-14-17-31(18-15-23)19-20-7-3-1-4-8-20/h1,3-4,7-8,10-13,23H,2,5-6,9,14-19H2,(H,29,33). The Morgan fingerprint density at radius 3 is 2.48 bits per heavy atom. The molecule has 0 unspecified atom stereocenters. The fourth-order valence-corrected chi connectivity index (χ4v) is 5.18. The summed E-state index contributed by atoms with van der Waals surface area (Å²) in [5.74, 6) is 0.855. The average molecular weight is 463 g/mol. The van der Waals surface area contributed by atoms with Crippen molar-refractivity contribution in [1.82, 2.24) is 19.8 Å². The lowest BCUT2D eigenvalue weighted by Crippen LogP contribution is -2.44. The van der Waals surface area contributed by atoms with Crippen LogP contribution in [0.1, 0.15) is 53.8 Å². The van der Waals surface area contributed by atoms with Crippen molar-refractivity contribution in [3.8, 4) is 11.4 Å². The second-order valence-electron chi connectivity index (χ2n) is 9.21. The summed E-state index contributed by atoms with van der Waals surface area (Å²) in [6.45, 7) is 3.88. The van der Waals surface area contributed by atoms with E-state index in [2.05, 4.69) is 45.1 Å². The summed E-state index contributed by atoms with van der Waals surface area (Å²) in [4.78, 5) is 20.7. The molecule has 0 bridgehead atoms. The number of imidazole rings is 1. The number of benzene rings is 2. The number of likely N-dealkylation sites (tertiary alicyclic amines) is 1. The van der Waals surface area contributed by atoms with Crippen molar-refractivity contribution in [2.75, 3.05) is 13.1 Å². The van der Waals surface area contributed by atoms with Crippen LogP contribution in [0.4, 0.5) is 0 Å². The molecular weight excluding hydrogens is 432 g/mol. The van der Waals surface area contributed by atoms with Crippen LogP contribution in [0.3, 0.4) is 0 Å². The molecule has 1 aromatic heterocycles. The normalized spacial score (nSPS) is 17.4. The number of halogens is 1. The van der Waals surface area contributed by atoms with Gasteiger partial charge in [0.2, 0.25) is 0 Å². The molecule has 1 fully saturated rings. The molecule has 5 rings (SSSR count). The highest BCUT2D eigenvalue weighted by atomic mass is 35.5. The maximum Gasteiger partial charge on any atom is 0.272 e. The van der Waals surface area contributed by atoms with Gasteiger partial charge in [-0.25, -0.2) is 4.98 Å². The van der Waals surface area contributed by atoms with Crippen LogP contribution in [0.5, 0.6) is 0 Å². The molecule has 2 aliphatic heterocycles. The molecule has 2 aliphatic rings.